The Morgan fingerprint density at radius 3 is 2.84 bits per heavy atom. The van der Waals surface area contributed by atoms with Crippen molar-refractivity contribution in [2.24, 2.45) is 5.16 Å². The van der Waals surface area contributed by atoms with Crippen LogP contribution in [0.4, 0.5) is 5.13 Å². The van der Waals surface area contributed by atoms with Gasteiger partial charge >= 0.3 is 5.97 Å². The quantitative estimate of drug-likeness (QED) is 0.0886. The van der Waals surface area contributed by atoms with Crippen LogP contribution in [0.1, 0.15) is 18.3 Å². The monoisotopic (exact) mass is 666 g/mol. The Bertz CT molecular complexity index is 1670. The summed E-state index contributed by atoms with van der Waals surface area (Å²) in [4.78, 5) is 66.6. The first kappa shape index (κ1) is 30.3. The second-order valence-corrected chi connectivity index (χ2v) is 12.7. The number of thiazole rings is 1. The van der Waals surface area contributed by atoms with E-state index in [1.807, 2.05) is 0 Å². The molecule has 0 bridgehead atoms. The van der Waals surface area contributed by atoms with Crippen LogP contribution >= 0.6 is 46.4 Å². The molecule has 1 saturated heterocycles. The normalized spacial score (nSPS) is 18.2. The Hall–Kier alpha value is -4.14. The van der Waals surface area contributed by atoms with Gasteiger partial charge in [0, 0.05) is 23.0 Å². The maximum atomic E-state index is 13.4. The number of oxime groups is 1. The minimum absolute atomic E-state index is 0.0795. The number of nitrogen functional groups attached to an aromatic ring is 1. The molecule has 1 unspecified atom stereocenters. The van der Waals surface area contributed by atoms with Gasteiger partial charge in [0.25, 0.3) is 11.8 Å². The molecular formula is C23H22N8O8S4. The Morgan fingerprint density at radius 2 is 2.16 bits per heavy atom. The van der Waals surface area contributed by atoms with Crippen LogP contribution in [0.3, 0.4) is 0 Å². The van der Waals surface area contributed by atoms with E-state index < -0.39 is 40.4 Å². The molecule has 2 aliphatic heterocycles. The van der Waals surface area contributed by atoms with Crippen LogP contribution in [0.15, 0.2) is 49.3 Å². The fourth-order valence-corrected chi connectivity index (χ4v) is 7.52. The van der Waals surface area contributed by atoms with Crippen LogP contribution < -0.4 is 21.3 Å². The molecule has 0 saturated carbocycles. The van der Waals surface area contributed by atoms with Crippen LogP contribution in [-0.2, 0) is 25.8 Å². The number of nitrogens with one attached hydrogen (secondary N) is 1. The highest BCUT2D eigenvalue weighted by atomic mass is 32.2. The fraction of sp³-hybridized carbons (Fsp3) is 0.304. The van der Waals surface area contributed by atoms with E-state index in [0.717, 1.165) is 32.5 Å². The van der Waals surface area contributed by atoms with Gasteiger partial charge in [-0.1, -0.05) is 9.64 Å². The van der Waals surface area contributed by atoms with Crippen molar-refractivity contribution in [1.29, 1.82) is 0 Å². The molecule has 0 spiro atoms. The molecule has 3 aromatic heterocycles. The van der Waals surface area contributed by atoms with Crippen molar-refractivity contribution in [3.05, 3.63) is 56.7 Å². The molecule has 0 radical (unpaired) electrons. The third kappa shape index (κ3) is 6.45. The number of carboxylic acid groups (broad SMARTS) is 1. The molecule has 2 atom stereocenters. The number of pyridine rings is 1. The van der Waals surface area contributed by atoms with Crippen LogP contribution in [0.2, 0.25) is 0 Å². The van der Waals surface area contributed by atoms with Gasteiger partial charge in [0.1, 0.15) is 39.3 Å². The lowest BCUT2D eigenvalue weighted by molar-refractivity contribution is -0.150. The Labute approximate surface area is 258 Å². The van der Waals surface area contributed by atoms with Crippen LogP contribution in [0.5, 0.6) is 5.75 Å². The lowest BCUT2D eigenvalue weighted by Gasteiger charge is -2.49. The Balaban J connectivity index is 1.32. The van der Waals surface area contributed by atoms with Gasteiger partial charge in [-0.15, -0.1) is 40.0 Å². The summed E-state index contributed by atoms with van der Waals surface area (Å²) in [5.74, 6) is -2.49. The number of fused-ring (bicyclic) bond motifs is 1. The molecule has 1 fully saturated rings. The van der Waals surface area contributed by atoms with E-state index in [4.69, 9.17) is 15.4 Å². The van der Waals surface area contributed by atoms with Gasteiger partial charge in [0.15, 0.2) is 23.2 Å². The van der Waals surface area contributed by atoms with Gasteiger partial charge in [-0.2, -0.15) is 4.73 Å². The zero-order valence-corrected chi connectivity index (χ0v) is 25.3. The molecule has 43 heavy (non-hydrogen) atoms. The van der Waals surface area contributed by atoms with Gasteiger partial charge in [0.2, 0.25) is 5.43 Å². The van der Waals surface area contributed by atoms with Crippen molar-refractivity contribution in [3.8, 4) is 5.75 Å². The van der Waals surface area contributed by atoms with Crippen molar-refractivity contribution in [2.45, 2.75) is 29.2 Å². The first-order chi connectivity index (χ1) is 20.7. The van der Waals surface area contributed by atoms with E-state index >= 15 is 0 Å². The largest absolute Gasteiger partial charge is 0.503 e. The van der Waals surface area contributed by atoms with Crippen LogP contribution in [0.25, 0.3) is 0 Å². The molecule has 20 heteroatoms. The summed E-state index contributed by atoms with van der Waals surface area (Å²) in [5.41, 5.74) is 5.52. The minimum atomic E-state index is -1.24. The second kappa shape index (κ2) is 13.0. The number of aromatic nitrogens is 4. The number of nitrogens with zero attached hydrogens (tertiary/aromatic N) is 6. The highest BCUT2D eigenvalue weighted by Gasteiger charge is 2.54. The molecule has 3 aromatic rings. The lowest BCUT2D eigenvalue weighted by Crippen LogP contribution is -2.71. The topological polar surface area (TPSA) is 224 Å². The lowest BCUT2D eigenvalue weighted by atomic mass is 10.0. The number of nitrogens with two attached hydrogens (primary N) is 1. The smallest absolute Gasteiger partial charge is 0.352 e. The summed E-state index contributed by atoms with van der Waals surface area (Å²) < 4.78 is 5.74. The van der Waals surface area contributed by atoms with E-state index in [1.165, 1.54) is 45.3 Å². The summed E-state index contributed by atoms with van der Waals surface area (Å²) in [7, 11) is 0. The molecule has 16 nitrogen and oxygen atoms in total. The molecule has 5 N–H and O–H groups in total. The molecule has 5 rings (SSSR count). The average molecular weight is 667 g/mol. The van der Waals surface area contributed by atoms with E-state index in [9.17, 15) is 29.4 Å². The SMILES string of the molecule is CCOn1cc(O)c(=O)cc1CON=C(C(=O)NC1C(=O)N2C(C(=O)O)=C(CSc3cnns3)CS[C@@H]12)c1csc(N)n1. The number of hydrogen-bond donors (Lipinski definition) is 4. The van der Waals surface area contributed by atoms with Crippen LogP contribution in [0, 0.1) is 0 Å². The van der Waals surface area contributed by atoms with Gasteiger partial charge < -0.3 is 30.9 Å². The molecule has 5 heterocycles. The number of β-lactam (4-membered cyclic amide) rings is 1. The zero-order chi connectivity index (χ0) is 30.7. The maximum absolute atomic E-state index is 13.4. The maximum Gasteiger partial charge on any atom is 0.352 e. The first-order valence-corrected chi connectivity index (χ1v) is 16.0. The molecule has 0 aliphatic carbocycles. The minimum Gasteiger partial charge on any atom is -0.503 e. The Morgan fingerprint density at radius 1 is 1.35 bits per heavy atom. The molecule has 2 amide bonds. The van der Waals surface area contributed by atoms with Crippen molar-refractivity contribution in [2.75, 3.05) is 23.8 Å². The predicted molar refractivity (Wildman–Crippen MR) is 158 cm³/mol. The molecule has 0 aromatic carbocycles. The summed E-state index contributed by atoms with van der Waals surface area (Å²) in [6.45, 7) is 1.60. The number of hydrogen-bond acceptors (Lipinski definition) is 16. The predicted octanol–water partition coefficient (Wildman–Crippen LogP) is 0.344. The van der Waals surface area contributed by atoms with Crippen molar-refractivity contribution < 1.29 is 34.3 Å². The second-order valence-electron chi connectivity index (χ2n) is 8.69. The Kier molecular flexibility index (Phi) is 9.18. The van der Waals surface area contributed by atoms with Crippen LogP contribution in [-0.4, -0.2) is 87.4 Å². The third-order valence-electron chi connectivity index (χ3n) is 5.96. The highest BCUT2D eigenvalue weighted by molar-refractivity contribution is 8.01. The molecular weight excluding hydrogens is 645 g/mol. The standard InChI is InChI=1S/C23H22N8O8S4/c1-2-39-30-5-14(33)13(32)3-11(30)6-38-28-16(12-9-42-23(24)26-12)19(34)27-17-20(35)31-18(22(36)37)10(8-41-21(17)31)7-40-15-4-25-29-43-15/h3-5,9,17,21,33H,2,6-8H2,1H3,(H2,24,26)(H,27,34)(H,36,37)/t17?,21-/m0/s1. The number of rotatable bonds is 12. The number of aromatic hydroxyl groups is 1. The summed E-state index contributed by atoms with van der Waals surface area (Å²) in [6.07, 6.45) is 2.66. The van der Waals surface area contributed by atoms with E-state index in [2.05, 4.69) is 25.0 Å². The van der Waals surface area contributed by atoms with Gasteiger partial charge in [0.05, 0.1) is 12.4 Å². The van der Waals surface area contributed by atoms with Crippen molar-refractivity contribution >= 4 is 75.0 Å². The van der Waals surface area contributed by atoms with Crippen molar-refractivity contribution in [1.82, 2.24) is 29.5 Å². The first-order valence-electron chi connectivity index (χ1n) is 12.3. The van der Waals surface area contributed by atoms with E-state index in [1.54, 1.807) is 13.1 Å². The summed E-state index contributed by atoms with van der Waals surface area (Å²) in [6, 6.07) is 0.0607. The zero-order valence-electron chi connectivity index (χ0n) is 22.0. The summed E-state index contributed by atoms with van der Waals surface area (Å²) in [5, 5.41) is 30.9. The number of carbonyl (C=O) groups is 3. The van der Waals surface area contributed by atoms with Crippen molar-refractivity contribution in [3.63, 3.8) is 0 Å². The highest BCUT2D eigenvalue weighted by Crippen LogP contribution is 2.41. The number of anilines is 1. The molecule has 2 aliphatic rings. The van der Waals surface area contributed by atoms with E-state index in [-0.39, 0.29) is 41.1 Å². The third-order valence-corrected chi connectivity index (χ3v) is 9.89. The van der Waals surface area contributed by atoms with Gasteiger partial charge in [-0.3, -0.25) is 19.3 Å². The number of carboxylic acids is 1. The number of carbonyl (C=O) groups excluding carboxylic acids is 2. The fourth-order valence-electron chi connectivity index (χ4n) is 4.06. The number of amides is 2. The van der Waals surface area contributed by atoms with Gasteiger partial charge in [-0.25, -0.2) is 9.78 Å². The number of thioether (sulfide) groups is 2. The number of aliphatic carboxylic acids is 1. The summed E-state index contributed by atoms with van der Waals surface area (Å²) >= 11 is 4.94. The van der Waals surface area contributed by atoms with E-state index in [0.29, 0.717) is 17.1 Å². The van der Waals surface area contributed by atoms with Gasteiger partial charge in [-0.05, 0) is 24.0 Å². The molecule has 226 valence electrons. The average Bonchev–Trinajstić information content (AvgIpc) is 3.66.